The number of carbonyl (C=O) groups is 2. The van der Waals surface area contributed by atoms with Crippen molar-refractivity contribution in [1.82, 2.24) is 4.90 Å². The van der Waals surface area contributed by atoms with Gasteiger partial charge in [0, 0.05) is 32.5 Å². The molecule has 168 valence electrons. The monoisotopic (exact) mass is 438 g/mol. The fraction of sp³-hybridized carbons (Fsp3) is 0.600. The van der Waals surface area contributed by atoms with Gasteiger partial charge in [0.1, 0.15) is 5.78 Å². The van der Waals surface area contributed by atoms with Gasteiger partial charge in [0.15, 0.2) is 0 Å². The molecule has 0 aliphatic carbocycles. The van der Waals surface area contributed by atoms with Gasteiger partial charge >= 0.3 is 12.4 Å². The summed E-state index contributed by atoms with van der Waals surface area (Å²) in [6.07, 6.45) is -9.94. The van der Waals surface area contributed by atoms with E-state index in [0.717, 1.165) is 0 Å². The number of hydrogen-bond donors (Lipinski definition) is 1. The van der Waals surface area contributed by atoms with Gasteiger partial charge in [0.05, 0.1) is 16.5 Å². The third kappa shape index (κ3) is 5.96. The Labute approximate surface area is 170 Å². The van der Waals surface area contributed by atoms with Gasteiger partial charge in [-0.2, -0.15) is 26.3 Å². The van der Waals surface area contributed by atoms with Crippen LogP contribution in [-0.4, -0.2) is 36.2 Å². The van der Waals surface area contributed by atoms with Crippen LogP contribution in [0, 0.1) is 11.3 Å². The van der Waals surface area contributed by atoms with Crippen LogP contribution < -0.4 is 5.73 Å². The van der Waals surface area contributed by atoms with Crippen LogP contribution in [0.2, 0.25) is 0 Å². The molecule has 2 N–H and O–H groups in total. The van der Waals surface area contributed by atoms with Crippen LogP contribution >= 0.6 is 0 Å². The van der Waals surface area contributed by atoms with Crippen LogP contribution in [0.3, 0.4) is 0 Å². The molecular formula is C20H24F6N2O2. The zero-order chi connectivity index (χ0) is 22.9. The second-order valence-electron chi connectivity index (χ2n) is 8.33. The van der Waals surface area contributed by atoms with Crippen molar-refractivity contribution in [3.63, 3.8) is 0 Å². The molecule has 1 fully saturated rings. The van der Waals surface area contributed by atoms with E-state index in [1.165, 1.54) is 0 Å². The molecule has 1 atom stereocenters. The maximum atomic E-state index is 12.9. The molecule has 0 radical (unpaired) electrons. The minimum absolute atomic E-state index is 0.0234. The largest absolute Gasteiger partial charge is 0.416 e. The zero-order valence-corrected chi connectivity index (χ0v) is 16.7. The lowest BCUT2D eigenvalue weighted by Gasteiger charge is -2.28. The van der Waals surface area contributed by atoms with Crippen molar-refractivity contribution in [3.8, 4) is 0 Å². The smallest absolute Gasteiger partial charge is 0.342 e. The molecule has 1 saturated heterocycles. The number of ketones is 1. The molecule has 30 heavy (non-hydrogen) atoms. The third-order valence-electron chi connectivity index (χ3n) is 5.23. The minimum atomic E-state index is -4.96. The van der Waals surface area contributed by atoms with Gasteiger partial charge in [-0.15, -0.1) is 0 Å². The predicted octanol–water partition coefficient (Wildman–Crippen LogP) is 4.06. The maximum absolute atomic E-state index is 12.9. The second-order valence-corrected chi connectivity index (χ2v) is 8.33. The van der Waals surface area contributed by atoms with Gasteiger partial charge in [-0.05, 0) is 49.9 Å². The molecule has 1 aromatic carbocycles. The molecule has 1 unspecified atom stereocenters. The molecular weight excluding hydrogens is 414 g/mol. The summed E-state index contributed by atoms with van der Waals surface area (Å²) in [7, 11) is 0. The Bertz CT molecular complexity index is 769. The lowest BCUT2D eigenvalue weighted by molar-refractivity contribution is -0.143. The Morgan fingerprint density at radius 1 is 1.03 bits per heavy atom. The van der Waals surface area contributed by atoms with Crippen LogP contribution in [0.5, 0.6) is 0 Å². The highest BCUT2D eigenvalue weighted by Gasteiger charge is 2.38. The topological polar surface area (TPSA) is 63.4 Å². The van der Waals surface area contributed by atoms with Gasteiger partial charge in [-0.1, -0.05) is 0 Å². The summed E-state index contributed by atoms with van der Waals surface area (Å²) in [5.41, 5.74) is 1.63. The van der Waals surface area contributed by atoms with Crippen LogP contribution in [0.1, 0.15) is 43.4 Å². The molecule has 1 aliphatic heterocycles. The Morgan fingerprint density at radius 2 is 1.57 bits per heavy atom. The fourth-order valence-electron chi connectivity index (χ4n) is 3.44. The maximum Gasteiger partial charge on any atom is 0.416 e. The Morgan fingerprint density at radius 3 is 2.03 bits per heavy atom. The van der Waals surface area contributed by atoms with Crippen molar-refractivity contribution in [2.75, 3.05) is 19.6 Å². The van der Waals surface area contributed by atoms with E-state index in [4.69, 9.17) is 5.73 Å². The fourth-order valence-corrected chi connectivity index (χ4v) is 3.44. The normalized spacial score (nSPS) is 18.0. The molecule has 1 aliphatic rings. The van der Waals surface area contributed by atoms with Gasteiger partial charge in [0.2, 0.25) is 5.91 Å². The highest BCUT2D eigenvalue weighted by molar-refractivity contribution is 5.83. The van der Waals surface area contributed by atoms with Crippen LogP contribution in [0.25, 0.3) is 0 Å². The van der Waals surface area contributed by atoms with Gasteiger partial charge in [0.25, 0.3) is 0 Å². The highest BCUT2D eigenvalue weighted by atomic mass is 19.4. The quantitative estimate of drug-likeness (QED) is 0.682. The molecule has 2 rings (SSSR count). The molecule has 1 amide bonds. The SMILES string of the molecule is CC(C)(CN)C(=O)N1CCC(CC(=O)Cc2cc(C(F)(F)F)cc(C(F)(F)F)c2)C1. The summed E-state index contributed by atoms with van der Waals surface area (Å²) in [5.74, 6) is -0.810. The first-order valence-electron chi connectivity index (χ1n) is 9.43. The summed E-state index contributed by atoms with van der Waals surface area (Å²) in [6.45, 7) is 4.31. The summed E-state index contributed by atoms with van der Waals surface area (Å²) >= 11 is 0. The summed E-state index contributed by atoms with van der Waals surface area (Å²) in [4.78, 5) is 26.4. The average molecular weight is 438 g/mol. The number of alkyl halides is 6. The minimum Gasteiger partial charge on any atom is -0.342 e. The first-order chi connectivity index (χ1) is 13.6. The van der Waals surface area contributed by atoms with Gasteiger partial charge < -0.3 is 10.6 Å². The predicted molar refractivity (Wildman–Crippen MR) is 97.3 cm³/mol. The highest BCUT2D eigenvalue weighted by Crippen LogP contribution is 2.36. The zero-order valence-electron chi connectivity index (χ0n) is 16.7. The van der Waals surface area contributed by atoms with Crippen LogP contribution in [-0.2, 0) is 28.4 Å². The van der Waals surface area contributed by atoms with Crippen molar-refractivity contribution in [2.45, 2.75) is 45.5 Å². The lowest BCUT2D eigenvalue weighted by Crippen LogP contribution is -2.43. The molecule has 4 nitrogen and oxygen atoms in total. The Kier molecular flexibility index (Phi) is 6.90. The van der Waals surface area contributed by atoms with Crippen molar-refractivity contribution in [3.05, 3.63) is 34.9 Å². The van der Waals surface area contributed by atoms with E-state index in [-0.39, 0.29) is 36.4 Å². The number of nitrogens with zero attached hydrogens (tertiary/aromatic N) is 1. The standard InChI is InChI=1S/C20H24F6N2O2/c1-18(2,11-27)17(30)28-4-3-12(10-28)7-16(29)8-13-5-14(19(21,22)23)9-15(6-13)20(24,25)26/h5-6,9,12H,3-4,7-8,10-11,27H2,1-2H3. The number of rotatable bonds is 6. The Balaban J connectivity index is 2.07. The van der Waals surface area contributed by atoms with Crippen molar-refractivity contribution in [1.29, 1.82) is 0 Å². The average Bonchev–Trinajstić information content (AvgIpc) is 3.07. The lowest BCUT2D eigenvalue weighted by atomic mass is 9.92. The van der Waals surface area contributed by atoms with E-state index in [1.54, 1.807) is 18.7 Å². The second kappa shape index (κ2) is 8.56. The molecule has 10 heteroatoms. The number of nitrogens with two attached hydrogens (primary N) is 1. The number of carbonyl (C=O) groups excluding carboxylic acids is 2. The van der Waals surface area contributed by atoms with E-state index in [2.05, 4.69) is 0 Å². The molecule has 0 bridgehead atoms. The number of likely N-dealkylation sites (tertiary alicyclic amines) is 1. The molecule has 0 spiro atoms. The van der Waals surface area contributed by atoms with Gasteiger partial charge in [-0.25, -0.2) is 0 Å². The van der Waals surface area contributed by atoms with Crippen molar-refractivity contribution >= 4 is 11.7 Å². The van der Waals surface area contributed by atoms with E-state index in [0.29, 0.717) is 31.6 Å². The number of Topliss-reactive ketones (excluding diaryl/α,β-unsaturated/α-hetero) is 1. The molecule has 1 aromatic rings. The first-order valence-corrected chi connectivity index (χ1v) is 9.43. The van der Waals surface area contributed by atoms with Crippen molar-refractivity contribution in [2.24, 2.45) is 17.1 Å². The number of benzene rings is 1. The van der Waals surface area contributed by atoms with Gasteiger partial charge in [-0.3, -0.25) is 9.59 Å². The van der Waals surface area contributed by atoms with Crippen LogP contribution in [0.15, 0.2) is 18.2 Å². The number of hydrogen-bond acceptors (Lipinski definition) is 3. The summed E-state index contributed by atoms with van der Waals surface area (Å²) in [5, 5.41) is 0. The molecule has 0 saturated carbocycles. The van der Waals surface area contributed by atoms with E-state index in [1.807, 2.05) is 0 Å². The van der Waals surface area contributed by atoms with E-state index >= 15 is 0 Å². The van der Waals surface area contributed by atoms with E-state index < -0.39 is 41.1 Å². The summed E-state index contributed by atoms with van der Waals surface area (Å²) < 4.78 is 77.7. The molecule has 0 aromatic heterocycles. The third-order valence-corrected chi connectivity index (χ3v) is 5.23. The first kappa shape index (κ1) is 24.2. The van der Waals surface area contributed by atoms with Crippen LogP contribution in [0.4, 0.5) is 26.3 Å². The summed E-state index contributed by atoms with van der Waals surface area (Å²) in [6, 6.07) is 1.18. The Hall–Kier alpha value is -2.10. The van der Waals surface area contributed by atoms with E-state index in [9.17, 15) is 35.9 Å². The number of halogens is 6. The molecule has 1 heterocycles. The van der Waals surface area contributed by atoms with Crippen molar-refractivity contribution < 1.29 is 35.9 Å². The number of amides is 1.